The highest BCUT2D eigenvalue weighted by Crippen LogP contribution is 2.17. The lowest BCUT2D eigenvalue weighted by Crippen LogP contribution is -2.46. The monoisotopic (exact) mass is 426 g/mol. The molecule has 0 heterocycles. The Morgan fingerprint density at radius 2 is 1.86 bits per heavy atom. The average molecular weight is 427 g/mol. The molecule has 164 valence electrons. The first-order chi connectivity index (χ1) is 13.4. The van der Waals surface area contributed by atoms with Crippen LogP contribution >= 0.6 is 0 Å². The van der Waals surface area contributed by atoms with Crippen molar-refractivity contribution in [3.63, 3.8) is 0 Å². The van der Waals surface area contributed by atoms with Crippen LogP contribution in [-0.2, 0) is 30.6 Å². The maximum atomic E-state index is 12.6. The predicted molar refractivity (Wildman–Crippen MR) is 113 cm³/mol. The van der Waals surface area contributed by atoms with E-state index in [1.54, 1.807) is 59.1 Å². The van der Waals surface area contributed by atoms with E-state index >= 15 is 0 Å². The Labute approximate surface area is 174 Å². The predicted octanol–water partition coefficient (Wildman–Crippen LogP) is 2.19. The van der Waals surface area contributed by atoms with Gasteiger partial charge in [-0.15, -0.1) is 0 Å². The molecule has 0 bridgehead atoms. The van der Waals surface area contributed by atoms with E-state index in [4.69, 9.17) is 4.74 Å². The Morgan fingerprint density at radius 3 is 2.41 bits per heavy atom. The van der Waals surface area contributed by atoms with Crippen molar-refractivity contribution in [1.29, 1.82) is 0 Å². The van der Waals surface area contributed by atoms with Gasteiger partial charge in [-0.25, -0.2) is 8.42 Å². The summed E-state index contributed by atoms with van der Waals surface area (Å²) in [6, 6.07) is 5.83. The highest BCUT2D eigenvalue weighted by Gasteiger charge is 2.26. The third-order valence-electron chi connectivity index (χ3n) is 4.15. The first kappa shape index (κ1) is 25.1. The van der Waals surface area contributed by atoms with Crippen LogP contribution in [-0.4, -0.2) is 63.2 Å². The Hall–Kier alpha value is -1.93. The van der Waals surface area contributed by atoms with Gasteiger partial charge in [-0.05, 0) is 51.3 Å². The number of esters is 1. The van der Waals surface area contributed by atoms with Gasteiger partial charge in [0.15, 0.2) is 9.84 Å². The van der Waals surface area contributed by atoms with Crippen molar-refractivity contribution in [3.8, 4) is 0 Å². The van der Waals surface area contributed by atoms with Crippen LogP contribution in [0.25, 0.3) is 0 Å². The number of likely N-dealkylation sites (N-methyl/N-ethyl adjacent to an activating group) is 1. The smallest absolute Gasteiger partial charge is 0.324 e. The molecule has 0 aliphatic carbocycles. The summed E-state index contributed by atoms with van der Waals surface area (Å²) >= 11 is 0. The lowest BCUT2D eigenvalue weighted by atomic mass is 10.1. The quantitative estimate of drug-likeness (QED) is 0.577. The molecule has 0 spiro atoms. The van der Waals surface area contributed by atoms with Gasteiger partial charge < -0.3 is 9.64 Å². The van der Waals surface area contributed by atoms with E-state index in [-0.39, 0.29) is 29.5 Å². The van der Waals surface area contributed by atoms with Crippen molar-refractivity contribution >= 4 is 21.7 Å². The number of sulfone groups is 1. The van der Waals surface area contributed by atoms with Crippen LogP contribution in [0.5, 0.6) is 0 Å². The molecule has 7 nitrogen and oxygen atoms in total. The molecule has 0 aliphatic heterocycles. The lowest BCUT2D eigenvalue weighted by molar-refractivity contribution is -0.157. The molecule has 0 saturated carbocycles. The van der Waals surface area contributed by atoms with E-state index in [1.165, 1.54) is 4.90 Å². The zero-order valence-electron chi connectivity index (χ0n) is 18.3. The number of carbonyl (C=O) groups is 2. The number of nitrogens with zero attached hydrogens (tertiary/aromatic N) is 1. The number of hydrogen-bond acceptors (Lipinski definition) is 6. The van der Waals surface area contributed by atoms with E-state index < -0.39 is 27.4 Å². The molecular formula is C21H34N2O5S. The molecule has 1 aromatic rings. The van der Waals surface area contributed by atoms with Crippen molar-refractivity contribution in [1.82, 2.24) is 10.2 Å². The number of carbonyl (C=O) groups excluding carboxylic acids is 2. The van der Waals surface area contributed by atoms with Crippen molar-refractivity contribution in [2.45, 2.75) is 63.5 Å². The minimum atomic E-state index is -3.36. The topological polar surface area (TPSA) is 92.8 Å². The number of ether oxygens (including phenoxy) is 1. The Morgan fingerprint density at radius 1 is 1.21 bits per heavy atom. The molecular weight excluding hydrogens is 392 g/mol. The fourth-order valence-corrected chi connectivity index (χ4v) is 4.06. The van der Waals surface area contributed by atoms with Gasteiger partial charge in [0.05, 0.1) is 17.2 Å². The van der Waals surface area contributed by atoms with Crippen molar-refractivity contribution < 1.29 is 22.7 Å². The number of nitrogens with one attached hydrogen (secondary N) is 1. The molecule has 29 heavy (non-hydrogen) atoms. The zero-order chi connectivity index (χ0) is 22.2. The van der Waals surface area contributed by atoms with Crippen molar-refractivity contribution in [2.24, 2.45) is 0 Å². The minimum Gasteiger partial charge on any atom is -0.459 e. The van der Waals surface area contributed by atoms with Crippen molar-refractivity contribution in [3.05, 3.63) is 29.8 Å². The van der Waals surface area contributed by atoms with Gasteiger partial charge in [-0.3, -0.25) is 14.9 Å². The number of hydrogen-bond donors (Lipinski definition) is 1. The van der Waals surface area contributed by atoms with Crippen LogP contribution in [0.4, 0.5) is 0 Å². The summed E-state index contributed by atoms with van der Waals surface area (Å²) in [4.78, 5) is 26.2. The average Bonchev–Trinajstić information content (AvgIpc) is 2.61. The number of rotatable bonds is 10. The first-order valence-corrected chi connectivity index (χ1v) is 11.5. The third-order valence-corrected chi connectivity index (χ3v) is 5.95. The van der Waals surface area contributed by atoms with E-state index in [2.05, 4.69) is 5.32 Å². The van der Waals surface area contributed by atoms with Gasteiger partial charge in [0.25, 0.3) is 0 Å². The summed E-state index contributed by atoms with van der Waals surface area (Å²) in [5.41, 5.74) is 0.0108. The van der Waals surface area contributed by atoms with Crippen molar-refractivity contribution in [2.75, 3.05) is 26.4 Å². The normalized spacial score (nSPS) is 13.0. The van der Waals surface area contributed by atoms with Crippen LogP contribution in [0.1, 0.15) is 46.1 Å². The van der Waals surface area contributed by atoms with E-state index in [0.29, 0.717) is 12.0 Å². The second-order valence-electron chi connectivity index (χ2n) is 8.28. The van der Waals surface area contributed by atoms with Gasteiger partial charge in [0.1, 0.15) is 11.6 Å². The molecule has 1 N–H and O–H groups in total. The zero-order valence-corrected chi connectivity index (χ0v) is 19.1. The molecule has 0 radical (unpaired) electrons. The first-order valence-electron chi connectivity index (χ1n) is 9.84. The second-order valence-corrected chi connectivity index (χ2v) is 10.4. The standard InChI is InChI=1S/C21H34N2O5S/c1-7-8-12-29(26,27)17-11-9-10-16(13-17)14-18(20(25)28-21(2,3)4)22-15-19(24)23(5)6/h9-11,13,18,22H,7-8,12,14-15H2,1-6H3. The van der Waals surface area contributed by atoms with Gasteiger partial charge in [-0.1, -0.05) is 25.5 Å². The SMILES string of the molecule is CCCCS(=O)(=O)c1cccc(CC(NCC(=O)N(C)C)C(=O)OC(C)(C)C)c1. The van der Waals surface area contributed by atoms with Gasteiger partial charge in [-0.2, -0.15) is 0 Å². The van der Waals surface area contributed by atoms with Crippen LogP contribution in [0.3, 0.4) is 0 Å². The Balaban J connectivity index is 3.04. The highest BCUT2D eigenvalue weighted by atomic mass is 32.2. The molecule has 0 aromatic heterocycles. The molecule has 1 atom stereocenters. The molecule has 1 unspecified atom stereocenters. The number of unbranched alkanes of at least 4 members (excludes halogenated alkanes) is 1. The minimum absolute atomic E-state index is 0.0224. The maximum Gasteiger partial charge on any atom is 0.324 e. The Kier molecular flexibility index (Phi) is 9.29. The molecule has 8 heteroatoms. The lowest BCUT2D eigenvalue weighted by Gasteiger charge is -2.25. The van der Waals surface area contributed by atoms with Crippen LogP contribution in [0.15, 0.2) is 29.2 Å². The second kappa shape index (κ2) is 10.7. The fraction of sp³-hybridized carbons (Fsp3) is 0.619. The summed E-state index contributed by atoms with van der Waals surface area (Å²) in [7, 11) is -0.0920. The summed E-state index contributed by atoms with van der Waals surface area (Å²) in [6.07, 6.45) is 1.61. The van der Waals surface area contributed by atoms with Gasteiger partial charge in [0, 0.05) is 14.1 Å². The number of benzene rings is 1. The van der Waals surface area contributed by atoms with E-state index in [1.807, 2.05) is 6.92 Å². The van der Waals surface area contributed by atoms with Crippen LogP contribution in [0, 0.1) is 0 Å². The van der Waals surface area contributed by atoms with Crippen LogP contribution < -0.4 is 5.32 Å². The third kappa shape index (κ3) is 8.95. The largest absolute Gasteiger partial charge is 0.459 e. The summed E-state index contributed by atoms with van der Waals surface area (Å²) in [5, 5.41) is 2.95. The molecule has 0 fully saturated rings. The summed E-state index contributed by atoms with van der Waals surface area (Å²) in [6.45, 7) is 7.24. The number of amides is 1. The fourth-order valence-electron chi connectivity index (χ4n) is 2.53. The Bertz CT molecular complexity index is 798. The maximum absolute atomic E-state index is 12.6. The van der Waals surface area contributed by atoms with E-state index in [0.717, 1.165) is 6.42 Å². The highest BCUT2D eigenvalue weighted by molar-refractivity contribution is 7.91. The molecule has 1 aromatic carbocycles. The summed E-state index contributed by atoms with van der Waals surface area (Å²) in [5.74, 6) is -0.560. The summed E-state index contributed by atoms with van der Waals surface area (Å²) < 4.78 is 30.4. The molecule has 1 rings (SSSR count). The van der Waals surface area contributed by atoms with Gasteiger partial charge >= 0.3 is 5.97 Å². The van der Waals surface area contributed by atoms with Gasteiger partial charge in [0.2, 0.25) is 5.91 Å². The van der Waals surface area contributed by atoms with Crippen LogP contribution in [0.2, 0.25) is 0 Å². The molecule has 0 saturated heterocycles. The van der Waals surface area contributed by atoms with E-state index in [9.17, 15) is 18.0 Å². The molecule has 1 amide bonds. The molecule has 0 aliphatic rings.